The number of carbonyl (C=O) groups excluding carboxylic acids is 4. The van der Waals surface area contributed by atoms with Crippen molar-refractivity contribution in [3.8, 4) is 0 Å². The molecule has 4 aliphatic carbocycles. The molecule has 0 radical (unpaired) electrons. The van der Waals surface area contributed by atoms with E-state index >= 15 is 31.1 Å². The van der Waals surface area contributed by atoms with Crippen molar-refractivity contribution in [2.75, 3.05) is 9.80 Å². The van der Waals surface area contributed by atoms with Crippen LogP contribution in [0.25, 0.3) is 0 Å². The van der Waals surface area contributed by atoms with E-state index in [2.05, 4.69) is 39.3 Å². The highest BCUT2D eigenvalue weighted by Gasteiger charge is 2.74. The van der Waals surface area contributed by atoms with Crippen molar-refractivity contribution >= 4 is 79.1 Å². The van der Waals surface area contributed by atoms with Gasteiger partial charge < -0.3 is 12.3 Å². The summed E-state index contributed by atoms with van der Waals surface area (Å²) >= 11 is 0. The minimum atomic E-state index is -5.87. The van der Waals surface area contributed by atoms with Gasteiger partial charge in [0, 0.05) is 0 Å². The SMILES string of the molecule is Cc1ccc(N2C(=O)C3C4CC(C3C2=O)C([Si](C)(C)O[Si](C)(C)O[Si](O[Si](C)(C)C2CC3CC2C2C(=O)N(c5cc(C(c6ccc(C)c(C)c6)(C(F)(F)F)C(F)(F)F)ccc5C)C(=O)C32)(c2ccccc2)c2ccccc2)C4)cc1. The molecule has 0 N–H and O–H groups in total. The van der Waals surface area contributed by atoms with Gasteiger partial charge in [0.2, 0.25) is 29.0 Å². The molecule has 5 aromatic rings. The van der Waals surface area contributed by atoms with Crippen molar-refractivity contribution in [1.29, 1.82) is 0 Å². The van der Waals surface area contributed by atoms with Gasteiger partial charge >= 0.3 is 29.5 Å². The van der Waals surface area contributed by atoms with Gasteiger partial charge in [-0.05, 0) is 184 Å². The molecule has 10 atom stereocenters. The van der Waals surface area contributed by atoms with Crippen LogP contribution >= 0.6 is 0 Å². The number of halogens is 6. The summed E-state index contributed by atoms with van der Waals surface area (Å²) in [5, 5.41) is 1.71. The Morgan fingerprint density at radius 1 is 0.463 bits per heavy atom. The lowest BCUT2D eigenvalue weighted by Gasteiger charge is -2.48. The predicted octanol–water partition coefficient (Wildman–Crippen LogP) is 12.5. The van der Waals surface area contributed by atoms with Crippen LogP contribution in [0.3, 0.4) is 0 Å². The fourth-order valence-electron chi connectivity index (χ4n) is 16.0. The van der Waals surface area contributed by atoms with E-state index < -0.39 is 92.2 Å². The van der Waals surface area contributed by atoms with Gasteiger partial charge in [0.25, 0.3) is 0 Å². The molecule has 2 aliphatic heterocycles. The lowest BCUT2D eigenvalue weighted by molar-refractivity contribution is -0.288. The number of anilines is 2. The number of nitrogens with zero attached hydrogens (tertiary/aromatic N) is 2. The largest absolute Gasteiger partial charge is 0.436 e. The first-order valence-corrected chi connectivity index (χ1v) is 38.4. The molecule has 6 fully saturated rings. The van der Waals surface area contributed by atoms with Gasteiger partial charge in [-0.3, -0.25) is 24.1 Å². The van der Waals surface area contributed by atoms with Crippen LogP contribution in [-0.4, -0.2) is 69.7 Å². The number of alkyl halides is 6. The number of imide groups is 2. The fraction of sp³-hybridized carbons (Fsp3) is 0.443. The molecule has 5 aromatic carbocycles. The van der Waals surface area contributed by atoms with Gasteiger partial charge in [-0.1, -0.05) is 109 Å². The third-order valence-corrected chi connectivity index (χ3v) is 36.9. The van der Waals surface area contributed by atoms with Gasteiger partial charge in [-0.25, -0.2) is 4.90 Å². The normalized spacial score (nSPS) is 27.0. The van der Waals surface area contributed by atoms with Crippen LogP contribution in [0.5, 0.6) is 0 Å². The highest BCUT2D eigenvalue weighted by molar-refractivity contribution is 7.02. The van der Waals surface area contributed by atoms with E-state index in [-0.39, 0.29) is 69.3 Å². The van der Waals surface area contributed by atoms with Crippen LogP contribution < -0.4 is 20.2 Å². The van der Waals surface area contributed by atoms with Gasteiger partial charge in [0.05, 0.1) is 35.0 Å². The Bertz CT molecular complexity index is 3250. The topological polar surface area (TPSA) is 102 Å². The van der Waals surface area contributed by atoms with E-state index in [1.165, 1.54) is 24.8 Å². The summed E-state index contributed by atoms with van der Waals surface area (Å²) in [5.74, 6) is -4.49. The molecule has 6 aliphatic rings. The van der Waals surface area contributed by atoms with E-state index in [1.807, 2.05) is 91.9 Å². The van der Waals surface area contributed by atoms with E-state index in [1.54, 1.807) is 6.92 Å². The first-order chi connectivity index (χ1) is 37.4. The number of hydrogen-bond donors (Lipinski definition) is 0. The average molecular weight is 1170 g/mol. The van der Waals surface area contributed by atoms with Crippen molar-refractivity contribution in [3.05, 3.63) is 155 Å². The number of aryl methyl sites for hydroxylation is 4. The van der Waals surface area contributed by atoms with Crippen LogP contribution in [0.15, 0.2) is 121 Å². The van der Waals surface area contributed by atoms with Gasteiger partial charge in [0.1, 0.15) is 0 Å². The maximum Gasteiger partial charge on any atom is 0.411 e. The minimum absolute atomic E-state index is 0.0110. The Morgan fingerprint density at radius 3 is 1.39 bits per heavy atom. The number of carbonyl (C=O) groups is 4. The number of benzene rings is 5. The van der Waals surface area contributed by atoms with Crippen LogP contribution in [0.1, 0.15) is 59.1 Å². The second kappa shape index (κ2) is 19.4. The second-order valence-corrected chi connectivity index (χ2v) is 40.8. The molecule has 0 spiro atoms. The van der Waals surface area contributed by atoms with Crippen molar-refractivity contribution in [1.82, 2.24) is 0 Å². The predicted molar refractivity (Wildman–Crippen MR) is 304 cm³/mol. The number of amides is 4. The second-order valence-electron chi connectivity index (χ2n) is 25.3. The lowest BCUT2D eigenvalue weighted by Crippen LogP contribution is -2.72. The molecule has 0 aromatic heterocycles. The zero-order valence-electron chi connectivity index (χ0n) is 46.7. The van der Waals surface area contributed by atoms with Crippen molar-refractivity contribution in [2.24, 2.45) is 47.3 Å². The summed E-state index contributed by atoms with van der Waals surface area (Å²) in [6.45, 7) is 19.3. The molecule has 9 nitrogen and oxygen atoms in total. The molecule has 2 heterocycles. The lowest BCUT2D eigenvalue weighted by atomic mass is 9.72. The molecule has 422 valence electrons. The quantitative estimate of drug-likeness (QED) is 0.0620. The van der Waals surface area contributed by atoms with Gasteiger partial charge in [0.15, 0.2) is 16.6 Å². The Hall–Kier alpha value is -5.29. The van der Waals surface area contributed by atoms with E-state index in [9.17, 15) is 14.4 Å². The number of fused-ring (bicyclic) bond motifs is 10. The third-order valence-electron chi connectivity index (χ3n) is 19.4. The molecule has 4 saturated carbocycles. The van der Waals surface area contributed by atoms with Crippen LogP contribution in [0, 0.1) is 75.0 Å². The molecule has 2 saturated heterocycles. The number of hydrogen-bond acceptors (Lipinski definition) is 7. The molecule has 80 heavy (non-hydrogen) atoms. The van der Waals surface area contributed by atoms with E-state index in [0.29, 0.717) is 24.1 Å². The molecular formula is C61H68F6N2O7Si4. The monoisotopic (exact) mass is 1170 g/mol. The smallest absolute Gasteiger partial charge is 0.411 e. The molecule has 10 unspecified atom stereocenters. The van der Waals surface area contributed by atoms with Crippen molar-refractivity contribution < 1.29 is 57.9 Å². The van der Waals surface area contributed by atoms with Crippen molar-refractivity contribution in [3.63, 3.8) is 0 Å². The Balaban J connectivity index is 0.897. The Labute approximate surface area is 468 Å². The standard InChI is InChI=1S/C61H68F6N2O7Si4/c1-35-21-27-43(28-22-35)68-55(70)51-39-30-46(53(51)57(68)72)49(32-39)77(5,6)74-79(9,10)76-80(44-17-13-11-14-18-44,45-19-15-12-16-20-45)75-78(7,8)50-33-40-31-47(50)54-52(40)56(71)69(58(54)73)48-34-42(26-24-37(48)3)59(60(62,63)64,61(65,66)67)41-25-23-36(2)38(4)29-41/h11-29,34,39-40,46-47,49-54H,30-33H2,1-10H3. The fourth-order valence-corrected chi connectivity index (χ4v) is 37.1. The molecule has 4 bridgehead atoms. The summed E-state index contributed by atoms with van der Waals surface area (Å²) in [6.07, 6.45) is -9.07. The van der Waals surface area contributed by atoms with Crippen LogP contribution in [0.4, 0.5) is 37.7 Å². The number of rotatable bonds is 14. The molecule has 19 heteroatoms. The first-order valence-electron chi connectivity index (χ1n) is 27.8. The first kappa shape index (κ1) is 56.6. The molecule has 4 amide bonds. The molecular weight excluding hydrogens is 1100 g/mol. The average Bonchev–Trinajstić information content (AvgIpc) is 4.43. The van der Waals surface area contributed by atoms with Crippen LogP contribution in [0.2, 0.25) is 50.4 Å². The highest BCUT2D eigenvalue weighted by atomic mass is 28.5. The maximum absolute atomic E-state index is 15.5. The van der Waals surface area contributed by atoms with E-state index in [0.717, 1.165) is 64.0 Å². The summed E-state index contributed by atoms with van der Waals surface area (Å²) in [4.78, 5) is 60.5. The highest BCUT2D eigenvalue weighted by Crippen LogP contribution is 2.66. The summed E-state index contributed by atoms with van der Waals surface area (Å²) in [5.41, 5.74) is -4.43. The Kier molecular flexibility index (Phi) is 13.7. The van der Waals surface area contributed by atoms with E-state index in [4.69, 9.17) is 12.3 Å². The summed E-state index contributed by atoms with van der Waals surface area (Å²) in [7, 11) is -13.0. The summed E-state index contributed by atoms with van der Waals surface area (Å²) < 4.78 is 116. The maximum atomic E-state index is 15.5. The van der Waals surface area contributed by atoms with Gasteiger partial charge in [-0.15, -0.1) is 0 Å². The third kappa shape index (κ3) is 8.75. The zero-order valence-corrected chi connectivity index (χ0v) is 50.7. The summed E-state index contributed by atoms with van der Waals surface area (Å²) in [6, 6.07) is 32.9. The van der Waals surface area contributed by atoms with Crippen molar-refractivity contribution in [2.45, 2.75) is 122 Å². The van der Waals surface area contributed by atoms with Crippen LogP contribution in [-0.2, 0) is 36.9 Å². The van der Waals surface area contributed by atoms with Gasteiger partial charge in [-0.2, -0.15) is 26.3 Å². The zero-order chi connectivity index (χ0) is 57.6. The Morgan fingerprint density at radius 2 is 0.900 bits per heavy atom. The molecule has 11 rings (SSSR count). The minimum Gasteiger partial charge on any atom is -0.436 e.